The van der Waals surface area contributed by atoms with Crippen molar-refractivity contribution < 1.29 is 17.9 Å². The van der Waals surface area contributed by atoms with Crippen LogP contribution in [0.25, 0.3) is 0 Å². The van der Waals surface area contributed by atoms with Gasteiger partial charge >= 0.3 is 0 Å². The second kappa shape index (κ2) is 10.3. The number of amides is 1. The average Bonchev–Trinajstić information content (AvgIpc) is 3.30. The number of ether oxygens (including phenoxy) is 1. The number of halogens is 1. The summed E-state index contributed by atoms with van der Waals surface area (Å²) >= 11 is 5.88. The number of sulfonamides is 1. The van der Waals surface area contributed by atoms with E-state index in [1.165, 1.54) is 22.0 Å². The number of hydrogen-bond donors (Lipinski definition) is 1. The van der Waals surface area contributed by atoms with Crippen LogP contribution in [-0.2, 0) is 32.6 Å². The fourth-order valence-electron chi connectivity index (χ4n) is 4.19. The standard InChI is InChI=1S/C23H28ClN3O4S/c24-20-6-8-21(9-7-20)32(29,30)27-10-2-5-22(27)23(28)25-16-18-3-1-4-19(15-18)17-26-11-13-31-14-12-26/h1,3-4,6-9,15,22H,2,5,10-14,16-17H2,(H,25,28)/t22-/m1/s1. The molecular weight excluding hydrogens is 450 g/mol. The third-order valence-electron chi connectivity index (χ3n) is 5.89. The number of hydrogen-bond acceptors (Lipinski definition) is 5. The van der Waals surface area contributed by atoms with E-state index in [4.69, 9.17) is 16.3 Å². The molecule has 2 aromatic carbocycles. The minimum atomic E-state index is -3.76. The van der Waals surface area contributed by atoms with Crippen molar-refractivity contribution >= 4 is 27.5 Å². The SMILES string of the molecule is O=C(NCc1cccc(CN2CCOCC2)c1)[C@H]1CCCN1S(=O)(=O)c1ccc(Cl)cc1. The third kappa shape index (κ3) is 5.50. The van der Waals surface area contributed by atoms with Crippen LogP contribution in [0, 0.1) is 0 Å². The highest BCUT2D eigenvalue weighted by Crippen LogP contribution is 2.27. The Bertz CT molecular complexity index is 1040. The Hall–Kier alpha value is -1.97. The highest BCUT2D eigenvalue weighted by atomic mass is 35.5. The fraction of sp³-hybridized carbons (Fsp3) is 0.435. The molecule has 2 aliphatic rings. The molecule has 7 nitrogen and oxygen atoms in total. The molecule has 0 radical (unpaired) electrons. The molecule has 1 amide bonds. The van der Waals surface area contributed by atoms with Crippen LogP contribution in [-0.4, -0.2) is 62.4 Å². The summed E-state index contributed by atoms with van der Waals surface area (Å²) < 4.78 is 32.8. The van der Waals surface area contributed by atoms with Gasteiger partial charge in [-0.15, -0.1) is 0 Å². The summed E-state index contributed by atoms with van der Waals surface area (Å²) in [5.41, 5.74) is 2.18. The zero-order valence-electron chi connectivity index (χ0n) is 17.9. The lowest BCUT2D eigenvalue weighted by molar-refractivity contribution is -0.124. The molecule has 2 saturated heterocycles. The number of morpholine rings is 1. The van der Waals surface area contributed by atoms with E-state index in [-0.39, 0.29) is 10.8 Å². The van der Waals surface area contributed by atoms with Gasteiger partial charge in [0.05, 0.1) is 18.1 Å². The Morgan fingerprint density at radius 3 is 2.53 bits per heavy atom. The molecule has 4 rings (SSSR count). The lowest BCUT2D eigenvalue weighted by Crippen LogP contribution is -2.45. The van der Waals surface area contributed by atoms with Crippen molar-refractivity contribution in [2.24, 2.45) is 0 Å². The predicted molar refractivity (Wildman–Crippen MR) is 123 cm³/mol. The summed E-state index contributed by atoms with van der Waals surface area (Å²) in [5, 5.41) is 3.40. The van der Waals surface area contributed by atoms with Gasteiger partial charge in [-0.05, 0) is 48.2 Å². The molecule has 2 aliphatic heterocycles. The maximum Gasteiger partial charge on any atom is 0.243 e. The molecular formula is C23H28ClN3O4S. The zero-order chi connectivity index (χ0) is 22.6. The molecule has 2 fully saturated rings. The first-order valence-corrected chi connectivity index (χ1v) is 12.7. The van der Waals surface area contributed by atoms with Crippen LogP contribution in [0.5, 0.6) is 0 Å². The maximum absolute atomic E-state index is 13.1. The molecule has 0 aromatic heterocycles. The van der Waals surface area contributed by atoms with Gasteiger partial charge in [0.25, 0.3) is 0 Å². The van der Waals surface area contributed by atoms with Crippen molar-refractivity contribution in [3.05, 3.63) is 64.7 Å². The second-order valence-corrected chi connectivity index (χ2v) is 10.5. The van der Waals surface area contributed by atoms with Crippen molar-refractivity contribution in [3.8, 4) is 0 Å². The quantitative estimate of drug-likeness (QED) is 0.663. The first-order chi connectivity index (χ1) is 15.4. The van der Waals surface area contributed by atoms with Crippen molar-refractivity contribution in [1.82, 2.24) is 14.5 Å². The van der Waals surface area contributed by atoms with E-state index in [0.29, 0.717) is 31.0 Å². The van der Waals surface area contributed by atoms with Crippen LogP contribution in [0.2, 0.25) is 5.02 Å². The Morgan fingerprint density at radius 1 is 1.06 bits per heavy atom. The van der Waals surface area contributed by atoms with Gasteiger partial charge in [0.15, 0.2) is 0 Å². The monoisotopic (exact) mass is 477 g/mol. The molecule has 1 N–H and O–H groups in total. The van der Waals surface area contributed by atoms with Gasteiger partial charge in [-0.25, -0.2) is 8.42 Å². The lowest BCUT2D eigenvalue weighted by Gasteiger charge is -2.26. The van der Waals surface area contributed by atoms with Gasteiger partial charge in [0.2, 0.25) is 15.9 Å². The number of nitrogens with zero attached hydrogens (tertiary/aromatic N) is 2. The summed E-state index contributed by atoms with van der Waals surface area (Å²) in [4.78, 5) is 15.4. The Kier molecular flexibility index (Phi) is 7.48. The molecule has 0 saturated carbocycles. The van der Waals surface area contributed by atoms with Gasteiger partial charge in [-0.3, -0.25) is 9.69 Å². The average molecular weight is 478 g/mol. The second-order valence-electron chi connectivity index (χ2n) is 8.15. The van der Waals surface area contributed by atoms with Crippen LogP contribution in [0.4, 0.5) is 0 Å². The summed E-state index contributed by atoms with van der Waals surface area (Å²) in [5.74, 6) is -0.265. The van der Waals surface area contributed by atoms with Gasteiger partial charge in [-0.2, -0.15) is 4.31 Å². The topological polar surface area (TPSA) is 79.0 Å². The largest absolute Gasteiger partial charge is 0.379 e. The number of benzene rings is 2. The third-order valence-corrected chi connectivity index (χ3v) is 8.07. The van der Waals surface area contributed by atoms with Crippen LogP contribution in [0.1, 0.15) is 24.0 Å². The Balaban J connectivity index is 1.38. The molecule has 0 aliphatic carbocycles. The molecule has 1 atom stereocenters. The first kappa shape index (κ1) is 23.2. The number of carbonyl (C=O) groups is 1. The van der Waals surface area contributed by atoms with E-state index in [1.807, 2.05) is 12.1 Å². The van der Waals surface area contributed by atoms with E-state index < -0.39 is 16.1 Å². The lowest BCUT2D eigenvalue weighted by atomic mass is 10.1. The summed E-state index contributed by atoms with van der Waals surface area (Å²) in [6.45, 7) is 4.89. The molecule has 0 bridgehead atoms. The zero-order valence-corrected chi connectivity index (χ0v) is 19.4. The first-order valence-electron chi connectivity index (χ1n) is 10.9. The Labute approximate surface area is 194 Å². The van der Waals surface area contributed by atoms with Gasteiger partial charge in [0, 0.05) is 37.7 Å². The Morgan fingerprint density at radius 2 is 1.78 bits per heavy atom. The molecule has 0 spiro atoms. The molecule has 2 heterocycles. The van der Waals surface area contributed by atoms with Crippen LogP contribution >= 0.6 is 11.6 Å². The fourth-order valence-corrected chi connectivity index (χ4v) is 5.98. The highest BCUT2D eigenvalue weighted by Gasteiger charge is 2.39. The van der Waals surface area contributed by atoms with Crippen molar-refractivity contribution in [2.75, 3.05) is 32.8 Å². The minimum Gasteiger partial charge on any atom is -0.379 e. The molecule has 9 heteroatoms. The predicted octanol–water partition coefficient (Wildman–Crippen LogP) is 2.64. The summed E-state index contributed by atoms with van der Waals surface area (Å²) in [6, 6.07) is 13.5. The van der Waals surface area contributed by atoms with Crippen LogP contribution < -0.4 is 5.32 Å². The van der Waals surface area contributed by atoms with Crippen LogP contribution in [0.3, 0.4) is 0 Å². The van der Waals surface area contributed by atoms with Crippen molar-refractivity contribution in [3.63, 3.8) is 0 Å². The molecule has 2 aromatic rings. The summed E-state index contributed by atoms with van der Waals surface area (Å²) in [6.07, 6.45) is 1.16. The van der Waals surface area contributed by atoms with E-state index in [1.54, 1.807) is 12.1 Å². The number of nitrogens with one attached hydrogen (secondary N) is 1. The smallest absolute Gasteiger partial charge is 0.243 e. The maximum atomic E-state index is 13.1. The molecule has 32 heavy (non-hydrogen) atoms. The van der Waals surface area contributed by atoms with E-state index in [0.717, 1.165) is 38.4 Å². The van der Waals surface area contributed by atoms with E-state index in [9.17, 15) is 13.2 Å². The highest BCUT2D eigenvalue weighted by molar-refractivity contribution is 7.89. The van der Waals surface area contributed by atoms with Gasteiger partial charge < -0.3 is 10.1 Å². The summed E-state index contributed by atoms with van der Waals surface area (Å²) in [7, 11) is -3.76. The van der Waals surface area contributed by atoms with Crippen molar-refractivity contribution in [1.29, 1.82) is 0 Å². The van der Waals surface area contributed by atoms with Crippen molar-refractivity contribution in [2.45, 2.75) is 36.9 Å². The van der Waals surface area contributed by atoms with Gasteiger partial charge in [0.1, 0.15) is 6.04 Å². The normalized spacial score (nSPS) is 20.3. The molecule has 0 unspecified atom stereocenters. The minimum absolute atomic E-state index is 0.150. The number of rotatable bonds is 7. The number of carbonyl (C=O) groups excluding carboxylic acids is 1. The van der Waals surface area contributed by atoms with E-state index >= 15 is 0 Å². The van der Waals surface area contributed by atoms with Gasteiger partial charge in [-0.1, -0.05) is 35.9 Å². The molecule has 172 valence electrons. The van der Waals surface area contributed by atoms with E-state index in [2.05, 4.69) is 22.3 Å². The van der Waals surface area contributed by atoms with Crippen LogP contribution in [0.15, 0.2) is 53.4 Å².